The summed E-state index contributed by atoms with van der Waals surface area (Å²) in [5.74, 6) is 1.93. The predicted octanol–water partition coefficient (Wildman–Crippen LogP) is 3.59. The predicted molar refractivity (Wildman–Crippen MR) is 110 cm³/mol. The molecule has 0 unspecified atom stereocenters. The molecule has 0 bridgehead atoms. The van der Waals surface area contributed by atoms with Crippen molar-refractivity contribution in [3.05, 3.63) is 24.3 Å². The number of anilines is 1. The van der Waals surface area contributed by atoms with Crippen LogP contribution in [0.3, 0.4) is 0 Å². The summed E-state index contributed by atoms with van der Waals surface area (Å²) >= 11 is 0. The van der Waals surface area contributed by atoms with Crippen LogP contribution in [0.25, 0.3) is 11.3 Å². The van der Waals surface area contributed by atoms with Gasteiger partial charge in [-0.3, -0.25) is 4.90 Å². The zero-order valence-electron chi connectivity index (χ0n) is 17.6. The maximum atomic E-state index is 12.7. The van der Waals surface area contributed by atoms with Gasteiger partial charge in [0.1, 0.15) is 5.82 Å². The van der Waals surface area contributed by atoms with Crippen LogP contribution in [-0.4, -0.2) is 58.1 Å². The first-order chi connectivity index (χ1) is 15.4. The van der Waals surface area contributed by atoms with Gasteiger partial charge in [-0.05, 0) is 43.6 Å². The number of piperidine rings is 1. The van der Waals surface area contributed by atoms with Gasteiger partial charge >= 0.3 is 6.36 Å². The Bertz CT molecular complexity index is 1000. The lowest BCUT2D eigenvalue weighted by Gasteiger charge is -2.32. The highest BCUT2D eigenvalue weighted by Gasteiger charge is 2.58. The van der Waals surface area contributed by atoms with Crippen LogP contribution in [0.15, 0.2) is 18.5 Å². The molecule has 0 radical (unpaired) electrons. The normalized spacial score (nSPS) is 28.7. The van der Waals surface area contributed by atoms with Crippen LogP contribution in [0.1, 0.15) is 43.5 Å². The molecule has 2 saturated carbocycles. The van der Waals surface area contributed by atoms with Gasteiger partial charge in [-0.25, -0.2) is 9.97 Å². The van der Waals surface area contributed by atoms with Crippen molar-refractivity contribution in [1.29, 1.82) is 0 Å². The summed E-state index contributed by atoms with van der Waals surface area (Å²) in [4.78, 5) is 11.3. The average Bonchev–Trinajstić information content (AvgIpc) is 3.63. The van der Waals surface area contributed by atoms with Gasteiger partial charge in [0.05, 0.1) is 5.69 Å². The van der Waals surface area contributed by atoms with E-state index >= 15 is 0 Å². The molecule has 2 aliphatic carbocycles. The number of ether oxygens (including phenoxy) is 2. The van der Waals surface area contributed by atoms with Crippen molar-refractivity contribution in [2.24, 2.45) is 11.8 Å². The van der Waals surface area contributed by atoms with Crippen molar-refractivity contribution in [2.75, 3.05) is 32.0 Å². The largest absolute Gasteiger partial charge is 0.573 e. The Morgan fingerprint density at radius 3 is 2.47 bits per heavy atom. The fourth-order valence-corrected chi connectivity index (χ4v) is 5.52. The number of likely N-dealkylation sites (tertiary alicyclic amines) is 1. The van der Waals surface area contributed by atoms with E-state index in [1.54, 1.807) is 0 Å². The summed E-state index contributed by atoms with van der Waals surface area (Å²) in [5, 5.41) is 0. The Hall–Kier alpha value is -2.33. The number of nitrogen functional groups attached to an aromatic ring is 1. The van der Waals surface area contributed by atoms with Crippen LogP contribution in [0.5, 0.6) is 5.75 Å². The summed E-state index contributed by atoms with van der Waals surface area (Å²) in [7, 11) is 0. The van der Waals surface area contributed by atoms with Crippen LogP contribution in [0.4, 0.5) is 19.0 Å². The van der Waals surface area contributed by atoms with Gasteiger partial charge < -0.3 is 19.8 Å². The number of fused-ring (bicyclic) bond motifs is 1. The third-order valence-corrected chi connectivity index (χ3v) is 7.31. The highest BCUT2D eigenvalue weighted by Crippen LogP contribution is 2.58. The number of hydrogen-bond donors (Lipinski definition) is 1. The number of hydrogen-bond acceptors (Lipinski definition) is 6. The molecular weight excluding hydrogens is 423 g/mol. The minimum atomic E-state index is -4.82. The number of halogens is 3. The summed E-state index contributed by atoms with van der Waals surface area (Å²) in [5.41, 5.74) is 6.69. The molecule has 4 aliphatic rings. The van der Waals surface area contributed by atoms with E-state index in [0.29, 0.717) is 41.1 Å². The third-order valence-electron chi connectivity index (χ3n) is 7.31. The minimum Gasteiger partial charge on any atom is -0.402 e. The number of alkyl halides is 3. The van der Waals surface area contributed by atoms with Gasteiger partial charge in [0.15, 0.2) is 11.6 Å². The number of pyridine rings is 1. The monoisotopic (exact) mass is 449 g/mol. The Morgan fingerprint density at radius 2 is 1.81 bits per heavy atom. The number of aromatic nitrogens is 3. The SMILES string of the molecule is Nc1ncc(-c2cn([C@H]3[C@@H]4CN(C5CCOCC5)C[C@@H]43)c(C3CC3)n2)cc1OC(F)(F)F. The highest BCUT2D eigenvalue weighted by molar-refractivity contribution is 5.64. The summed E-state index contributed by atoms with van der Waals surface area (Å²) in [6, 6.07) is 2.33. The zero-order chi connectivity index (χ0) is 22.0. The Kier molecular flexibility index (Phi) is 4.66. The molecule has 2 N–H and O–H groups in total. The fraction of sp³-hybridized carbons (Fsp3) is 0.636. The van der Waals surface area contributed by atoms with Gasteiger partial charge in [-0.1, -0.05) is 0 Å². The first kappa shape index (κ1) is 20.3. The standard InChI is InChI=1S/C22H26F3N5O2/c23-22(24,25)32-18-7-13(8-27-20(18)26)17-11-30(21(28-17)12-1-2-12)19-15-9-29(10-16(15)19)14-3-5-31-6-4-14/h7-8,11-12,14-16,19H,1-6,9-10H2,(H2,26,27)/t15-,16+,19+. The van der Waals surface area contributed by atoms with Crippen molar-refractivity contribution in [3.8, 4) is 17.0 Å². The van der Waals surface area contributed by atoms with Crippen molar-refractivity contribution in [2.45, 2.75) is 50.0 Å². The summed E-state index contributed by atoms with van der Waals surface area (Å²) < 4.78 is 50.0. The maximum absolute atomic E-state index is 12.7. The average molecular weight is 449 g/mol. The maximum Gasteiger partial charge on any atom is 0.573 e. The molecule has 2 saturated heterocycles. The van der Waals surface area contributed by atoms with E-state index in [2.05, 4.69) is 19.2 Å². The summed E-state index contributed by atoms with van der Waals surface area (Å²) in [6.45, 7) is 3.91. The molecule has 2 aromatic rings. The molecule has 6 rings (SSSR count). The number of nitrogens with zero attached hydrogens (tertiary/aromatic N) is 4. The van der Waals surface area contributed by atoms with Crippen molar-refractivity contribution in [3.63, 3.8) is 0 Å². The number of nitrogens with two attached hydrogens (primary N) is 1. The highest BCUT2D eigenvalue weighted by atomic mass is 19.4. The number of rotatable bonds is 5. The van der Waals surface area contributed by atoms with E-state index in [4.69, 9.17) is 15.5 Å². The third kappa shape index (κ3) is 3.73. The van der Waals surface area contributed by atoms with Crippen LogP contribution in [0.2, 0.25) is 0 Å². The lowest BCUT2D eigenvalue weighted by atomic mass is 10.1. The molecule has 4 fully saturated rings. The van der Waals surface area contributed by atoms with Crippen LogP contribution in [-0.2, 0) is 4.74 Å². The second kappa shape index (κ2) is 7.34. The van der Waals surface area contributed by atoms with E-state index in [0.717, 1.165) is 57.8 Å². The molecule has 3 atom stereocenters. The first-order valence-electron chi connectivity index (χ1n) is 11.3. The quantitative estimate of drug-likeness (QED) is 0.752. The van der Waals surface area contributed by atoms with Gasteiger partial charge in [-0.2, -0.15) is 0 Å². The van der Waals surface area contributed by atoms with Gasteiger partial charge in [0, 0.05) is 62.3 Å². The van der Waals surface area contributed by atoms with Crippen LogP contribution in [0, 0.1) is 11.8 Å². The van der Waals surface area contributed by atoms with Crippen molar-refractivity contribution in [1.82, 2.24) is 19.4 Å². The smallest absolute Gasteiger partial charge is 0.402 e. The number of imidazole rings is 1. The molecule has 7 nitrogen and oxygen atoms in total. The molecule has 32 heavy (non-hydrogen) atoms. The summed E-state index contributed by atoms with van der Waals surface area (Å²) in [6.07, 6.45) is 3.06. The first-order valence-corrected chi connectivity index (χ1v) is 11.3. The van der Waals surface area contributed by atoms with E-state index < -0.39 is 12.1 Å². The Labute approximate surface area is 183 Å². The molecule has 172 valence electrons. The van der Waals surface area contributed by atoms with Crippen LogP contribution >= 0.6 is 0 Å². The van der Waals surface area contributed by atoms with Gasteiger partial charge in [0.2, 0.25) is 0 Å². The fourth-order valence-electron chi connectivity index (χ4n) is 5.52. The zero-order valence-corrected chi connectivity index (χ0v) is 17.6. The molecule has 2 aromatic heterocycles. The van der Waals surface area contributed by atoms with E-state index in [1.807, 2.05) is 6.20 Å². The molecule has 2 aliphatic heterocycles. The van der Waals surface area contributed by atoms with Gasteiger partial charge in [-0.15, -0.1) is 13.2 Å². The van der Waals surface area contributed by atoms with E-state index in [9.17, 15) is 13.2 Å². The second-order valence-corrected chi connectivity index (χ2v) is 9.44. The topological polar surface area (TPSA) is 78.4 Å². The van der Waals surface area contributed by atoms with Crippen LogP contribution < -0.4 is 10.5 Å². The molecule has 0 amide bonds. The van der Waals surface area contributed by atoms with E-state index in [-0.39, 0.29) is 5.82 Å². The Morgan fingerprint density at radius 1 is 1.09 bits per heavy atom. The van der Waals surface area contributed by atoms with Gasteiger partial charge in [0.25, 0.3) is 0 Å². The van der Waals surface area contributed by atoms with E-state index in [1.165, 1.54) is 12.3 Å². The lowest BCUT2D eigenvalue weighted by molar-refractivity contribution is -0.274. The molecule has 10 heteroatoms. The molecule has 0 aromatic carbocycles. The molecule has 0 spiro atoms. The van der Waals surface area contributed by atoms with Crippen molar-refractivity contribution < 1.29 is 22.6 Å². The molecular formula is C22H26F3N5O2. The minimum absolute atomic E-state index is 0.294. The lowest BCUT2D eigenvalue weighted by Crippen LogP contribution is -2.39. The van der Waals surface area contributed by atoms with Crippen molar-refractivity contribution >= 4 is 5.82 Å². The molecule has 4 heterocycles. The second-order valence-electron chi connectivity index (χ2n) is 9.44. The Balaban J connectivity index is 1.23.